The van der Waals surface area contributed by atoms with Gasteiger partial charge in [0, 0.05) is 68.2 Å². The lowest BCUT2D eigenvalue weighted by Gasteiger charge is -2.16. The lowest BCUT2D eigenvalue weighted by atomic mass is 9.98. The average molecular weight is 826 g/mol. The number of fused-ring (bicyclic) bond motifs is 2. The van der Waals surface area contributed by atoms with Gasteiger partial charge in [0.1, 0.15) is 0 Å². The van der Waals surface area contributed by atoms with E-state index in [1.165, 1.54) is 11.1 Å². The molecular weight excluding hydrogens is 778 g/mol. The van der Waals surface area contributed by atoms with Crippen LogP contribution in [0.15, 0.2) is 122 Å². The summed E-state index contributed by atoms with van der Waals surface area (Å²) in [5, 5.41) is 24.2. The van der Waals surface area contributed by atoms with Crippen LogP contribution in [0.5, 0.6) is 0 Å². The number of anilines is 2. The highest BCUT2D eigenvalue weighted by molar-refractivity contribution is 5.98. The summed E-state index contributed by atoms with van der Waals surface area (Å²) >= 11 is 0. The number of amides is 2. The van der Waals surface area contributed by atoms with Crippen molar-refractivity contribution in [2.75, 3.05) is 22.9 Å². The molecule has 4 aromatic carbocycles. The smallest absolute Gasteiger partial charge is 0.335 e. The van der Waals surface area contributed by atoms with Crippen LogP contribution in [-0.4, -0.2) is 62.2 Å². The third-order valence-corrected chi connectivity index (χ3v) is 10.2. The second kappa shape index (κ2) is 21.4. The van der Waals surface area contributed by atoms with E-state index in [9.17, 15) is 19.2 Å². The zero-order valence-corrected chi connectivity index (χ0v) is 34.5. The molecule has 0 spiro atoms. The summed E-state index contributed by atoms with van der Waals surface area (Å²) in [5.74, 6) is -0.503. The van der Waals surface area contributed by atoms with E-state index in [2.05, 4.69) is 32.5 Å². The zero-order valence-electron chi connectivity index (χ0n) is 33.7. The van der Waals surface area contributed by atoms with Crippen molar-refractivity contribution in [2.24, 2.45) is 5.73 Å². The lowest BCUT2D eigenvalue weighted by molar-refractivity contribution is -0.119. The summed E-state index contributed by atoms with van der Waals surface area (Å²) in [4.78, 5) is 51.0. The van der Waals surface area contributed by atoms with Gasteiger partial charge in [-0.1, -0.05) is 62.4 Å². The van der Waals surface area contributed by atoms with Crippen LogP contribution in [0.4, 0.5) is 11.4 Å². The van der Waals surface area contributed by atoms with Crippen LogP contribution < -0.4 is 15.5 Å². The standard InChI is InChI=1S/C24H23N3O2.C18H17NO3.C5H7N3.ClH/c1-2-24(29)27-15-13-20-16-19(9-11-22(20)27)17-5-7-18(8-6-17)23(28)12-10-21-4-3-14-25-26-21;1-2-17(20)19-10-9-15-11-14(7-8-16(15)19)12-3-5-13(6-4-12)18(21)22;6-4-5-2-1-3-7-8-5;/h3-9,11,14,16H,2,10,12-13,15H2,1H3;3-8,11H,2,9-10H2,1H3,(H,21,22);1-3H,4,6H2;1H. The monoisotopic (exact) mass is 825 g/mol. The van der Waals surface area contributed by atoms with Gasteiger partial charge in [0.2, 0.25) is 11.8 Å². The van der Waals surface area contributed by atoms with Gasteiger partial charge in [0.25, 0.3) is 0 Å². The number of Topliss-reactive ketones (excluding diaryl/α,β-unsaturated/α-hetero) is 1. The Hall–Kier alpha value is -6.63. The Morgan fingerprint density at radius 3 is 1.47 bits per heavy atom. The maximum absolute atomic E-state index is 12.5. The number of carbonyl (C=O) groups excluding carboxylic acids is 3. The first kappa shape index (κ1) is 44.5. The fourth-order valence-electron chi connectivity index (χ4n) is 7.01. The fourth-order valence-corrected chi connectivity index (χ4v) is 7.01. The number of ketones is 1. The number of carboxylic acids is 1. The molecule has 2 aliphatic rings. The first-order chi connectivity index (χ1) is 28.7. The number of halogens is 1. The molecule has 2 amide bonds. The zero-order chi connectivity index (χ0) is 41.7. The Labute approximate surface area is 355 Å². The number of rotatable bonds is 10. The van der Waals surface area contributed by atoms with Crippen molar-refractivity contribution < 1.29 is 24.3 Å². The predicted octanol–water partition coefficient (Wildman–Crippen LogP) is 7.97. The molecule has 2 aliphatic heterocycles. The lowest BCUT2D eigenvalue weighted by Crippen LogP contribution is -2.27. The molecule has 0 saturated carbocycles. The maximum Gasteiger partial charge on any atom is 0.335 e. The van der Waals surface area contributed by atoms with Crippen molar-refractivity contribution in [3.8, 4) is 22.3 Å². The SMILES string of the molecule is CCC(=O)N1CCc2cc(-c3ccc(C(=O)CCc4cccnn4)cc3)ccc21.CCC(=O)N1CCc2cc(-c3ccc(C(=O)O)cc3)ccc21.Cl.NCc1cccnn1. The molecule has 6 aromatic rings. The molecule has 13 heteroatoms. The molecule has 8 rings (SSSR count). The number of aromatic carboxylic acids is 1. The molecular formula is C47H48ClN7O5. The van der Waals surface area contributed by atoms with Gasteiger partial charge in [0.05, 0.1) is 17.0 Å². The summed E-state index contributed by atoms with van der Waals surface area (Å²) in [5.41, 5.74) is 16.5. The minimum absolute atomic E-state index is 0. The molecule has 308 valence electrons. The van der Waals surface area contributed by atoms with Crippen LogP contribution in [0.1, 0.15) is 76.3 Å². The highest BCUT2D eigenvalue weighted by Crippen LogP contribution is 2.34. The van der Waals surface area contributed by atoms with Crippen LogP contribution in [0.25, 0.3) is 22.3 Å². The Morgan fingerprint density at radius 1 is 0.617 bits per heavy atom. The predicted molar refractivity (Wildman–Crippen MR) is 235 cm³/mol. The summed E-state index contributed by atoms with van der Waals surface area (Å²) in [6.07, 6.45) is 7.03. The summed E-state index contributed by atoms with van der Waals surface area (Å²) in [7, 11) is 0. The molecule has 0 atom stereocenters. The number of nitrogens with zero attached hydrogens (tertiary/aromatic N) is 6. The molecule has 12 nitrogen and oxygen atoms in total. The molecule has 3 N–H and O–H groups in total. The normalized spacial score (nSPS) is 12.1. The molecule has 0 fully saturated rings. The Kier molecular flexibility index (Phi) is 15.9. The summed E-state index contributed by atoms with van der Waals surface area (Å²) in [6.45, 7) is 5.73. The van der Waals surface area contributed by atoms with Crippen molar-refractivity contribution >= 4 is 47.3 Å². The fraction of sp³-hybridized carbons (Fsp3) is 0.234. The Bertz CT molecular complexity index is 2400. The van der Waals surface area contributed by atoms with Crippen molar-refractivity contribution in [1.29, 1.82) is 0 Å². The highest BCUT2D eigenvalue weighted by atomic mass is 35.5. The average Bonchev–Trinajstić information content (AvgIpc) is 3.93. The van der Waals surface area contributed by atoms with E-state index in [-0.39, 0.29) is 35.6 Å². The first-order valence-corrected chi connectivity index (χ1v) is 19.8. The van der Waals surface area contributed by atoms with Gasteiger partial charge < -0.3 is 20.6 Å². The Morgan fingerprint density at radius 2 is 1.07 bits per heavy atom. The topological polar surface area (TPSA) is 173 Å². The van der Waals surface area contributed by atoms with Crippen molar-refractivity contribution in [3.63, 3.8) is 0 Å². The van der Waals surface area contributed by atoms with E-state index in [4.69, 9.17) is 10.8 Å². The van der Waals surface area contributed by atoms with E-state index in [0.29, 0.717) is 37.8 Å². The molecule has 0 radical (unpaired) electrons. The van der Waals surface area contributed by atoms with Gasteiger partial charge in [-0.05, 0) is 113 Å². The van der Waals surface area contributed by atoms with E-state index < -0.39 is 5.97 Å². The molecule has 4 heterocycles. The Balaban J connectivity index is 0.000000194. The number of carbonyl (C=O) groups is 4. The summed E-state index contributed by atoms with van der Waals surface area (Å²) in [6, 6.07) is 34.2. The van der Waals surface area contributed by atoms with E-state index >= 15 is 0 Å². The minimum atomic E-state index is -0.922. The van der Waals surface area contributed by atoms with Crippen LogP contribution in [0.2, 0.25) is 0 Å². The third kappa shape index (κ3) is 11.1. The number of carboxylic acid groups (broad SMARTS) is 1. The number of hydrogen-bond acceptors (Lipinski definition) is 9. The van der Waals surface area contributed by atoms with E-state index in [1.807, 2.05) is 109 Å². The second-order valence-corrected chi connectivity index (χ2v) is 14.0. The molecule has 60 heavy (non-hydrogen) atoms. The van der Waals surface area contributed by atoms with E-state index in [0.717, 1.165) is 70.9 Å². The van der Waals surface area contributed by atoms with Gasteiger partial charge in [-0.2, -0.15) is 20.4 Å². The molecule has 2 aromatic heterocycles. The van der Waals surface area contributed by atoms with Crippen LogP contribution >= 0.6 is 12.4 Å². The van der Waals surface area contributed by atoms with E-state index in [1.54, 1.807) is 24.5 Å². The maximum atomic E-state index is 12.5. The van der Waals surface area contributed by atoms with Crippen LogP contribution in [0.3, 0.4) is 0 Å². The molecule has 0 bridgehead atoms. The third-order valence-electron chi connectivity index (χ3n) is 10.2. The summed E-state index contributed by atoms with van der Waals surface area (Å²) < 4.78 is 0. The van der Waals surface area contributed by atoms with Crippen molar-refractivity contribution in [3.05, 3.63) is 155 Å². The van der Waals surface area contributed by atoms with Crippen molar-refractivity contribution in [2.45, 2.75) is 58.9 Å². The molecule has 0 aliphatic carbocycles. The van der Waals surface area contributed by atoms with Crippen molar-refractivity contribution in [1.82, 2.24) is 20.4 Å². The second-order valence-electron chi connectivity index (χ2n) is 14.0. The number of nitrogens with two attached hydrogens (primary N) is 1. The van der Waals surface area contributed by atoms with Gasteiger partial charge in [-0.25, -0.2) is 4.79 Å². The van der Waals surface area contributed by atoms with Gasteiger partial charge >= 0.3 is 5.97 Å². The number of hydrogen-bond donors (Lipinski definition) is 2. The van der Waals surface area contributed by atoms with Gasteiger partial charge in [-0.15, -0.1) is 12.4 Å². The van der Waals surface area contributed by atoms with Crippen LogP contribution in [-0.2, 0) is 35.4 Å². The van der Waals surface area contributed by atoms with Gasteiger partial charge in [-0.3, -0.25) is 14.4 Å². The quantitative estimate of drug-likeness (QED) is 0.129. The van der Waals surface area contributed by atoms with Gasteiger partial charge in [0.15, 0.2) is 5.78 Å². The minimum Gasteiger partial charge on any atom is -0.478 e. The first-order valence-electron chi connectivity index (χ1n) is 19.8. The van der Waals surface area contributed by atoms with Crippen LogP contribution in [0, 0.1) is 0 Å². The molecule has 0 unspecified atom stereocenters. The highest BCUT2D eigenvalue weighted by Gasteiger charge is 2.25. The largest absolute Gasteiger partial charge is 0.478 e. The number of aromatic nitrogens is 4. The number of benzene rings is 4. The number of aryl methyl sites for hydroxylation is 1. The molecule has 0 saturated heterocycles.